The van der Waals surface area contributed by atoms with Crippen molar-refractivity contribution in [2.45, 2.75) is 155 Å². The molecule has 1 rings (SSSR count). The molecule has 1 N–H and O–H groups in total. The molecule has 0 heterocycles. The van der Waals surface area contributed by atoms with E-state index in [-0.39, 0.29) is 11.4 Å². The maximum absolute atomic E-state index is 12.6. The van der Waals surface area contributed by atoms with Crippen LogP contribution < -0.4 is 4.74 Å². The van der Waals surface area contributed by atoms with E-state index in [4.69, 9.17) is 9.47 Å². The van der Waals surface area contributed by atoms with Gasteiger partial charge < -0.3 is 14.6 Å². The second kappa shape index (κ2) is 23.9. The van der Waals surface area contributed by atoms with Crippen molar-refractivity contribution >= 4 is 17.8 Å². The molecule has 0 spiro atoms. The van der Waals surface area contributed by atoms with Crippen LogP contribution in [0.25, 0.3) is 0 Å². The van der Waals surface area contributed by atoms with Crippen LogP contribution in [-0.2, 0) is 9.53 Å². The monoisotopic (exact) mass is 591 g/mol. The predicted molar refractivity (Wildman–Crippen MR) is 168 cm³/mol. The first kappa shape index (κ1) is 37.4. The van der Waals surface area contributed by atoms with E-state index in [0.717, 1.165) is 51.4 Å². The second-order valence-electron chi connectivity index (χ2n) is 11.8. The van der Waals surface area contributed by atoms with Gasteiger partial charge in [0.25, 0.3) is 5.69 Å². The Hall–Kier alpha value is -2.64. The van der Waals surface area contributed by atoms with Crippen molar-refractivity contribution in [1.82, 2.24) is 0 Å². The summed E-state index contributed by atoms with van der Waals surface area (Å²) in [7, 11) is 0. The van der Waals surface area contributed by atoms with Crippen LogP contribution in [0.5, 0.6) is 5.75 Å². The van der Waals surface area contributed by atoms with E-state index in [0.29, 0.717) is 31.6 Å². The number of ether oxygens (including phenoxy) is 2. The number of nitrogens with zero attached hydrogens (tertiary/aromatic N) is 1. The lowest BCUT2D eigenvalue weighted by Crippen LogP contribution is -2.24. The first-order chi connectivity index (χ1) is 20.3. The average molecular weight is 592 g/mol. The zero-order valence-electron chi connectivity index (χ0n) is 26.5. The van der Waals surface area contributed by atoms with E-state index >= 15 is 0 Å². The van der Waals surface area contributed by atoms with Crippen LogP contribution in [0.2, 0.25) is 0 Å². The number of carboxylic acids is 1. The fourth-order valence-corrected chi connectivity index (χ4v) is 5.54. The lowest BCUT2D eigenvalue weighted by Gasteiger charge is -2.23. The lowest BCUT2D eigenvalue weighted by molar-refractivity contribution is -0.384. The van der Waals surface area contributed by atoms with Crippen LogP contribution in [0.3, 0.4) is 0 Å². The number of carbonyl (C=O) groups is 2. The Bertz CT molecular complexity index is 858. The molecule has 42 heavy (non-hydrogen) atoms. The summed E-state index contributed by atoms with van der Waals surface area (Å²) in [6.45, 7) is 6.56. The van der Waals surface area contributed by atoms with Gasteiger partial charge in [-0.1, -0.05) is 117 Å². The van der Waals surface area contributed by atoms with Gasteiger partial charge in [-0.05, 0) is 50.2 Å². The van der Waals surface area contributed by atoms with Crippen LogP contribution in [-0.4, -0.2) is 28.3 Å². The van der Waals surface area contributed by atoms with Gasteiger partial charge in [-0.2, -0.15) is 0 Å². The number of hydrogen-bond acceptors (Lipinski definition) is 6. The van der Waals surface area contributed by atoms with Gasteiger partial charge in [0.15, 0.2) is 0 Å². The number of carbonyl (C=O) groups excluding carboxylic acids is 1. The third-order valence-electron chi connectivity index (χ3n) is 8.13. The highest BCUT2D eigenvalue weighted by Crippen LogP contribution is 2.29. The number of hydrogen-bond donors (Lipinski definition) is 1. The summed E-state index contributed by atoms with van der Waals surface area (Å²) in [6, 6.07) is 5.26. The van der Waals surface area contributed by atoms with Crippen molar-refractivity contribution in [2.75, 3.05) is 0 Å². The average Bonchev–Trinajstić information content (AvgIpc) is 2.96. The van der Waals surface area contributed by atoms with Gasteiger partial charge in [-0.25, -0.2) is 4.79 Å². The van der Waals surface area contributed by atoms with Crippen molar-refractivity contribution in [2.24, 2.45) is 11.8 Å². The number of unbranched alkanes of at least 4 members (excludes halogenated alkanes) is 11. The van der Waals surface area contributed by atoms with Gasteiger partial charge in [-0.15, -0.1) is 0 Å². The van der Waals surface area contributed by atoms with Crippen molar-refractivity contribution in [1.29, 1.82) is 0 Å². The Balaban J connectivity index is 2.77. The number of non-ortho nitro benzene ring substituents is 1. The maximum atomic E-state index is 12.6. The maximum Gasteiger partial charge on any atom is 0.514 e. The fraction of sp³-hybridized carbons (Fsp3) is 0.765. The van der Waals surface area contributed by atoms with E-state index in [1.54, 1.807) is 0 Å². The molecule has 3 atom stereocenters. The van der Waals surface area contributed by atoms with Gasteiger partial charge in [0.1, 0.15) is 11.9 Å². The molecule has 0 bridgehead atoms. The van der Waals surface area contributed by atoms with Gasteiger partial charge in [0, 0.05) is 12.1 Å². The lowest BCUT2D eigenvalue weighted by atomic mass is 9.84. The van der Waals surface area contributed by atoms with Gasteiger partial charge >= 0.3 is 12.1 Å². The molecular weight excluding hydrogens is 534 g/mol. The van der Waals surface area contributed by atoms with E-state index in [2.05, 4.69) is 20.8 Å². The molecule has 0 amide bonds. The fourth-order valence-electron chi connectivity index (χ4n) is 5.54. The number of nitro benzene ring substituents is 1. The Morgan fingerprint density at radius 2 is 1.24 bits per heavy atom. The van der Waals surface area contributed by atoms with Crippen LogP contribution >= 0.6 is 0 Å². The summed E-state index contributed by atoms with van der Waals surface area (Å²) >= 11 is 0. The molecule has 0 saturated carbocycles. The molecule has 1 aromatic carbocycles. The third kappa shape index (κ3) is 18.0. The Morgan fingerprint density at radius 3 is 1.76 bits per heavy atom. The van der Waals surface area contributed by atoms with E-state index in [1.165, 1.54) is 75.6 Å². The minimum atomic E-state index is -0.868. The molecule has 0 aromatic heterocycles. The number of benzene rings is 1. The van der Waals surface area contributed by atoms with Crippen LogP contribution in [0, 0.1) is 22.0 Å². The van der Waals surface area contributed by atoms with Gasteiger partial charge in [0.05, 0.1) is 10.8 Å². The highest BCUT2D eigenvalue weighted by atomic mass is 16.7. The molecule has 0 radical (unpaired) electrons. The summed E-state index contributed by atoms with van der Waals surface area (Å²) < 4.78 is 10.9. The zero-order valence-corrected chi connectivity index (χ0v) is 26.5. The molecule has 0 aliphatic heterocycles. The number of aliphatic carboxylic acids is 1. The second-order valence-corrected chi connectivity index (χ2v) is 11.8. The van der Waals surface area contributed by atoms with Crippen molar-refractivity contribution < 1.29 is 29.1 Å². The summed E-state index contributed by atoms with van der Waals surface area (Å²) in [4.78, 5) is 35.3. The van der Waals surface area contributed by atoms with Crippen LogP contribution in [0.1, 0.15) is 149 Å². The number of carboxylic acid groups (broad SMARTS) is 1. The quantitative estimate of drug-likeness (QED) is 0.0374. The Kier molecular flexibility index (Phi) is 21.2. The van der Waals surface area contributed by atoms with E-state index < -0.39 is 29.1 Å². The summed E-state index contributed by atoms with van der Waals surface area (Å²) in [5.74, 6) is -0.659. The molecule has 0 aliphatic rings. The van der Waals surface area contributed by atoms with Crippen molar-refractivity contribution in [3.63, 3.8) is 0 Å². The molecule has 0 fully saturated rings. The topological polar surface area (TPSA) is 116 Å². The number of rotatable bonds is 26. The van der Waals surface area contributed by atoms with Crippen molar-refractivity contribution in [3.8, 4) is 5.75 Å². The molecule has 0 saturated heterocycles. The minimum absolute atomic E-state index is 0.0932. The minimum Gasteiger partial charge on any atom is -0.481 e. The largest absolute Gasteiger partial charge is 0.514 e. The molecule has 240 valence electrons. The first-order valence-corrected chi connectivity index (χ1v) is 16.7. The highest BCUT2D eigenvalue weighted by molar-refractivity contribution is 5.70. The predicted octanol–water partition coefficient (Wildman–Crippen LogP) is 10.7. The van der Waals surface area contributed by atoms with E-state index in [9.17, 15) is 24.8 Å². The van der Waals surface area contributed by atoms with Crippen molar-refractivity contribution in [3.05, 3.63) is 34.4 Å². The van der Waals surface area contributed by atoms with Gasteiger partial charge in [0.2, 0.25) is 0 Å². The molecule has 8 nitrogen and oxygen atoms in total. The summed E-state index contributed by atoms with van der Waals surface area (Å²) in [5.41, 5.74) is -0.0932. The molecule has 0 aliphatic carbocycles. The van der Waals surface area contributed by atoms with E-state index in [1.807, 2.05) is 0 Å². The SMILES string of the molecule is CCCCCCCCC(CCCCCC)CC(CCC(CCCCCC)OC(=O)Oc1ccc([N+](=O)[O-])cc1)C(=O)O. The number of nitro groups is 1. The van der Waals surface area contributed by atoms with Gasteiger partial charge in [-0.3, -0.25) is 14.9 Å². The Morgan fingerprint density at radius 1 is 0.738 bits per heavy atom. The third-order valence-corrected chi connectivity index (χ3v) is 8.13. The van der Waals surface area contributed by atoms with Crippen LogP contribution in [0.4, 0.5) is 10.5 Å². The standard InChI is InChI=1S/C34H57NO7/c1-4-7-10-13-14-16-19-28(18-15-11-8-5-2)27-29(33(36)37)21-24-31(20-17-12-9-6-3)41-34(38)42-32-25-22-30(23-26-32)35(39)40/h22-23,25-26,28-29,31H,4-21,24,27H2,1-3H3,(H,36,37). The Labute approximate surface area is 254 Å². The molecule has 3 unspecified atom stereocenters. The first-order valence-electron chi connectivity index (χ1n) is 16.7. The van der Waals surface area contributed by atoms with Crippen LogP contribution in [0.15, 0.2) is 24.3 Å². The summed E-state index contributed by atoms with van der Waals surface area (Å²) in [5, 5.41) is 21.0. The molecular formula is C34H57NO7. The smallest absolute Gasteiger partial charge is 0.481 e. The molecule has 1 aromatic rings. The normalized spacial score (nSPS) is 13.3. The zero-order chi connectivity index (χ0) is 31.0. The molecule has 8 heteroatoms. The highest BCUT2D eigenvalue weighted by Gasteiger charge is 2.25. The summed E-state index contributed by atoms with van der Waals surface area (Å²) in [6.07, 6.45) is 19.4.